The molecule has 0 bridgehead atoms. The van der Waals surface area contributed by atoms with Crippen LogP contribution < -0.4 is 4.74 Å². The Morgan fingerprint density at radius 3 is 2.64 bits per heavy atom. The summed E-state index contributed by atoms with van der Waals surface area (Å²) in [6.45, 7) is 3.97. The van der Waals surface area contributed by atoms with E-state index >= 15 is 0 Å². The average molecular weight is 257 g/mol. The smallest absolute Gasteiger partial charge is 0.311 e. The van der Waals surface area contributed by atoms with Gasteiger partial charge in [0.2, 0.25) is 0 Å². The van der Waals surface area contributed by atoms with E-state index in [2.05, 4.69) is 15.9 Å². The van der Waals surface area contributed by atoms with Gasteiger partial charge in [0.25, 0.3) is 0 Å². The van der Waals surface area contributed by atoms with Crippen molar-refractivity contribution in [1.29, 1.82) is 0 Å². The Kier molecular flexibility index (Phi) is 4.14. The van der Waals surface area contributed by atoms with Crippen molar-refractivity contribution in [1.82, 2.24) is 0 Å². The van der Waals surface area contributed by atoms with Gasteiger partial charge in [-0.15, -0.1) is 0 Å². The van der Waals surface area contributed by atoms with Gasteiger partial charge in [-0.3, -0.25) is 4.79 Å². The Morgan fingerprint density at radius 2 is 2.07 bits per heavy atom. The van der Waals surface area contributed by atoms with E-state index in [1.54, 1.807) is 6.07 Å². The van der Waals surface area contributed by atoms with Crippen molar-refractivity contribution < 1.29 is 9.53 Å². The second-order valence-corrected chi connectivity index (χ2v) is 4.36. The number of benzene rings is 1. The van der Waals surface area contributed by atoms with E-state index in [1.165, 1.54) is 0 Å². The molecule has 1 aromatic rings. The number of esters is 1. The number of halogens is 1. The summed E-state index contributed by atoms with van der Waals surface area (Å²) in [6.07, 6.45) is 0.446. The second kappa shape index (κ2) is 5.15. The van der Waals surface area contributed by atoms with E-state index in [9.17, 15) is 4.79 Å². The maximum Gasteiger partial charge on any atom is 0.311 e. The third-order valence-electron chi connectivity index (χ3n) is 1.64. The van der Waals surface area contributed by atoms with Crippen molar-refractivity contribution in [2.45, 2.75) is 20.3 Å². The summed E-state index contributed by atoms with van der Waals surface area (Å²) in [4.78, 5) is 11.3. The zero-order valence-electron chi connectivity index (χ0n) is 8.29. The van der Waals surface area contributed by atoms with Gasteiger partial charge in [0.05, 0.1) is 4.47 Å². The van der Waals surface area contributed by atoms with Crippen molar-refractivity contribution >= 4 is 21.9 Å². The highest BCUT2D eigenvalue weighted by Gasteiger charge is 2.08. The molecule has 1 rings (SSSR count). The topological polar surface area (TPSA) is 26.3 Å². The number of carbonyl (C=O) groups is 1. The Labute approximate surface area is 92.4 Å². The molecule has 0 aromatic heterocycles. The Balaban J connectivity index is 2.61. The Bertz CT molecular complexity index is 321. The molecule has 0 unspecified atom stereocenters. The van der Waals surface area contributed by atoms with Gasteiger partial charge in [-0.25, -0.2) is 0 Å². The third-order valence-corrected chi connectivity index (χ3v) is 2.29. The molecule has 0 fully saturated rings. The summed E-state index contributed by atoms with van der Waals surface area (Å²) >= 11 is 3.31. The lowest BCUT2D eigenvalue weighted by atomic mass is 10.1. The molecule has 3 heteroatoms. The van der Waals surface area contributed by atoms with Crippen LogP contribution in [0.3, 0.4) is 0 Å². The summed E-state index contributed by atoms with van der Waals surface area (Å²) in [7, 11) is 0. The fourth-order valence-corrected chi connectivity index (χ4v) is 1.39. The molecular formula is C11H13BrO2. The maximum atomic E-state index is 11.3. The summed E-state index contributed by atoms with van der Waals surface area (Å²) in [5.41, 5.74) is 0. The van der Waals surface area contributed by atoms with Crippen molar-refractivity contribution in [3.8, 4) is 5.75 Å². The van der Waals surface area contributed by atoms with Crippen LogP contribution in [0.25, 0.3) is 0 Å². The minimum Gasteiger partial charge on any atom is -0.425 e. The molecule has 2 nitrogen and oxygen atoms in total. The Morgan fingerprint density at radius 1 is 1.43 bits per heavy atom. The molecule has 14 heavy (non-hydrogen) atoms. The number of rotatable bonds is 3. The van der Waals surface area contributed by atoms with Crippen LogP contribution in [-0.2, 0) is 4.79 Å². The second-order valence-electron chi connectivity index (χ2n) is 3.50. The zero-order valence-corrected chi connectivity index (χ0v) is 9.87. The summed E-state index contributed by atoms with van der Waals surface area (Å²) in [5.74, 6) is 0.718. The van der Waals surface area contributed by atoms with E-state index in [4.69, 9.17) is 4.74 Å². The van der Waals surface area contributed by atoms with E-state index in [-0.39, 0.29) is 5.97 Å². The molecule has 0 atom stereocenters. The molecule has 0 aliphatic carbocycles. The first-order chi connectivity index (χ1) is 6.59. The first kappa shape index (κ1) is 11.2. The standard InChI is InChI=1S/C11H13BrO2/c1-8(2)7-11(13)14-10-6-4-3-5-9(10)12/h3-6,8H,7H2,1-2H3. The highest BCUT2D eigenvalue weighted by atomic mass is 79.9. The molecule has 0 heterocycles. The normalized spacial score (nSPS) is 10.3. The van der Waals surface area contributed by atoms with E-state index in [0.717, 1.165) is 4.47 Å². The van der Waals surface area contributed by atoms with Crippen LogP contribution in [0.15, 0.2) is 28.7 Å². The van der Waals surface area contributed by atoms with Crippen molar-refractivity contribution in [2.24, 2.45) is 5.92 Å². The predicted octanol–water partition coefficient (Wildman–Crippen LogP) is 3.40. The number of carbonyl (C=O) groups excluding carboxylic acids is 1. The van der Waals surface area contributed by atoms with Gasteiger partial charge in [0.1, 0.15) is 5.75 Å². The lowest BCUT2D eigenvalue weighted by Gasteiger charge is -2.07. The van der Waals surface area contributed by atoms with Crippen LogP contribution in [0.1, 0.15) is 20.3 Å². The highest BCUT2D eigenvalue weighted by molar-refractivity contribution is 9.10. The first-order valence-corrected chi connectivity index (χ1v) is 5.34. The summed E-state index contributed by atoms with van der Waals surface area (Å²) in [5, 5.41) is 0. The molecule has 0 aliphatic rings. The van der Waals surface area contributed by atoms with Crippen LogP contribution in [0.5, 0.6) is 5.75 Å². The number of para-hydroxylation sites is 1. The lowest BCUT2D eigenvalue weighted by Crippen LogP contribution is -2.10. The minimum absolute atomic E-state index is 0.188. The van der Waals surface area contributed by atoms with Gasteiger partial charge in [0, 0.05) is 6.42 Å². The van der Waals surface area contributed by atoms with Crippen molar-refractivity contribution in [3.05, 3.63) is 28.7 Å². The average Bonchev–Trinajstić information content (AvgIpc) is 2.07. The SMILES string of the molecule is CC(C)CC(=O)Oc1ccccc1Br. The summed E-state index contributed by atoms with van der Waals surface area (Å²) in [6, 6.07) is 7.33. The van der Waals surface area contributed by atoms with Crippen molar-refractivity contribution in [3.63, 3.8) is 0 Å². The molecule has 0 radical (unpaired) electrons. The Hall–Kier alpha value is -0.830. The molecule has 0 spiro atoms. The van der Waals surface area contributed by atoms with Gasteiger partial charge in [-0.2, -0.15) is 0 Å². The van der Waals surface area contributed by atoms with Gasteiger partial charge in [0.15, 0.2) is 0 Å². The largest absolute Gasteiger partial charge is 0.425 e. The molecule has 0 N–H and O–H groups in total. The number of ether oxygens (including phenoxy) is 1. The molecular weight excluding hydrogens is 244 g/mol. The van der Waals surface area contributed by atoms with E-state index in [0.29, 0.717) is 18.1 Å². The quantitative estimate of drug-likeness (QED) is 0.612. The minimum atomic E-state index is -0.188. The lowest BCUT2D eigenvalue weighted by molar-refractivity contribution is -0.135. The van der Waals surface area contributed by atoms with Crippen LogP contribution >= 0.6 is 15.9 Å². The zero-order chi connectivity index (χ0) is 10.6. The first-order valence-electron chi connectivity index (χ1n) is 4.55. The number of hydrogen-bond donors (Lipinski definition) is 0. The molecule has 1 aromatic carbocycles. The monoisotopic (exact) mass is 256 g/mol. The van der Waals surface area contributed by atoms with Crippen LogP contribution in [0.4, 0.5) is 0 Å². The highest BCUT2D eigenvalue weighted by Crippen LogP contribution is 2.24. The van der Waals surface area contributed by atoms with Crippen LogP contribution in [0, 0.1) is 5.92 Å². The number of hydrogen-bond acceptors (Lipinski definition) is 2. The van der Waals surface area contributed by atoms with Gasteiger partial charge in [-0.05, 0) is 34.0 Å². The fourth-order valence-electron chi connectivity index (χ4n) is 1.03. The van der Waals surface area contributed by atoms with Crippen LogP contribution in [0.2, 0.25) is 0 Å². The van der Waals surface area contributed by atoms with E-state index in [1.807, 2.05) is 32.0 Å². The molecule has 0 saturated heterocycles. The molecule has 0 amide bonds. The van der Waals surface area contributed by atoms with Gasteiger partial charge in [-0.1, -0.05) is 26.0 Å². The summed E-state index contributed by atoms with van der Waals surface area (Å²) < 4.78 is 5.97. The molecule has 0 saturated carbocycles. The van der Waals surface area contributed by atoms with Crippen LogP contribution in [-0.4, -0.2) is 5.97 Å². The molecule has 0 aliphatic heterocycles. The predicted molar refractivity (Wildman–Crippen MR) is 59.2 cm³/mol. The fraction of sp³-hybridized carbons (Fsp3) is 0.364. The maximum absolute atomic E-state index is 11.3. The third kappa shape index (κ3) is 3.50. The van der Waals surface area contributed by atoms with E-state index < -0.39 is 0 Å². The van der Waals surface area contributed by atoms with Gasteiger partial charge >= 0.3 is 5.97 Å². The van der Waals surface area contributed by atoms with Crippen molar-refractivity contribution in [2.75, 3.05) is 0 Å². The molecule has 76 valence electrons. The van der Waals surface area contributed by atoms with Gasteiger partial charge < -0.3 is 4.74 Å².